The molecule has 0 aliphatic carbocycles. The zero-order chi connectivity index (χ0) is 32.3. The van der Waals surface area contributed by atoms with Crippen molar-refractivity contribution in [2.45, 2.75) is 51.4 Å². The number of alkyl carbamates (subject to hydrolysis) is 1. The van der Waals surface area contributed by atoms with E-state index < -0.39 is 42.6 Å². The van der Waals surface area contributed by atoms with Gasteiger partial charge >= 0.3 is 6.09 Å². The molecule has 3 atom stereocenters. The van der Waals surface area contributed by atoms with Gasteiger partial charge in [0.25, 0.3) is 0 Å². The highest BCUT2D eigenvalue weighted by Crippen LogP contribution is 2.06. The molecular formula is C31H43N7O6. The van der Waals surface area contributed by atoms with Gasteiger partial charge in [-0.05, 0) is 36.0 Å². The summed E-state index contributed by atoms with van der Waals surface area (Å²) in [5, 5.41) is 20.5. The molecule has 13 heteroatoms. The van der Waals surface area contributed by atoms with Gasteiger partial charge in [0.2, 0.25) is 17.7 Å². The minimum absolute atomic E-state index is 0.00808. The Morgan fingerprint density at radius 1 is 0.909 bits per heavy atom. The van der Waals surface area contributed by atoms with Crippen molar-refractivity contribution < 1.29 is 29.0 Å². The summed E-state index contributed by atoms with van der Waals surface area (Å²) in [6.45, 7) is 3.34. The van der Waals surface area contributed by atoms with E-state index in [1.165, 1.54) is 6.08 Å². The number of aliphatic imine (C=N–C) groups is 1. The van der Waals surface area contributed by atoms with E-state index in [1.54, 1.807) is 30.3 Å². The van der Waals surface area contributed by atoms with Crippen molar-refractivity contribution >= 4 is 35.9 Å². The summed E-state index contributed by atoms with van der Waals surface area (Å²) in [6, 6.07) is 15.4. The highest BCUT2D eigenvalue weighted by Gasteiger charge is 2.28. The molecule has 9 N–H and O–H groups in total. The number of carbonyl (C=O) groups excluding carboxylic acids is 4. The van der Waals surface area contributed by atoms with E-state index in [9.17, 15) is 24.3 Å². The summed E-state index contributed by atoms with van der Waals surface area (Å²) >= 11 is 0. The average Bonchev–Trinajstić information content (AvgIpc) is 3.01. The Labute approximate surface area is 257 Å². The highest BCUT2D eigenvalue weighted by atomic mass is 16.5. The molecule has 0 unspecified atom stereocenters. The first-order valence-electron chi connectivity index (χ1n) is 14.3. The number of nitrogens with one attached hydrogen (secondary N) is 4. The summed E-state index contributed by atoms with van der Waals surface area (Å²) in [5.74, 6) is -1.90. The fourth-order valence-electron chi connectivity index (χ4n) is 3.89. The molecule has 0 radical (unpaired) electrons. The van der Waals surface area contributed by atoms with Crippen molar-refractivity contribution in [3.05, 3.63) is 77.9 Å². The second-order valence-corrected chi connectivity index (χ2v) is 10.3. The normalized spacial score (nSPS) is 12.9. The molecule has 238 valence electrons. The minimum Gasteiger partial charge on any atom is -0.445 e. The molecule has 0 aliphatic heterocycles. The molecule has 0 saturated heterocycles. The minimum atomic E-state index is -1.32. The Morgan fingerprint density at radius 2 is 1.55 bits per heavy atom. The maximum Gasteiger partial charge on any atom is 0.408 e. The first-order chi connectivity index (χ1) is 21.1. The lowest BCUT2D eigenvalue weighted by molar-refractivity contribution is -0.131. The molecule has 0 bridgehead atoms. The Bertz CT molecular complexity index is 1250. The van der Waals surface area contributed by atoms with Crippen LogP contribution >= 0.6 is 0 Å². The number of aliphatic hydroxyl groups is 1. The van der Waals surface area contributed by atoms with Crippen LogP contribution in [0.15, 0.2) is 71.7 Å². The van der Waals surface area contributed by atoms with Crippen molar-refractivity contribution in [2.24, 2.45) is 22.4 Å². The number of nitrogens with two attached hydrogens (primary N) is 2. The summed E-state index contributed by atoms with van der Waals surface area (Å²) in [5.41, 5.74) is 12.3. The van der Waals surface area contributed by atoms with Gasteiger partial charge in [-0.2, -0.15) is 0 Å². The maximum atomic E-state index is 13.2. The number of ether oxygens (including phenoxy) is 1. The van der Waals surface area contributed by atoms with Crippen LogP contribution in [0, 0.1) is 5.92 Å². The average molecular weight is 610 g/mol. The number of aliphatic hydroxyl groups excluding tert-OH is 1. The monoisotopic (exact) mass is 609 g/mol. The molecule has 0 heterocycles. The van der Waals surface area contributed by atoms with Gasteiger partial charge in [0.05, 0.1) is 6.61 Å². The van der Waals surface area contributed by atoms with Crippen molar-refractivity contribution in [2.75, 3.05) is 19.7 Å². The molecule has 44 heavy (non-hydrogen) atoms. The van der Waals surface area contributed by atoms with Gasteiger partial charge in [-0.1, -0.05) is 74.5 Å². The van der Waals surface area contributed by atoms with Crippen LogP contribution in [0.5, 0.6) is 0 Å². The standard InChI is InChI=1S/C31H43N7O6/c1-21(2)25(18-35-27(40)16-15-22-10-5-3-6-11-22)36-29(42)26(19-39)37-28(41)24(14-9-17-34-30(32)33)38-31(43)44-20-23-12-7-4-8-13-23/h3-8,10-13,15-16,21,24-26,39H,9,14,17-20H2,1-2H3,(H,35,40)(H,36,42)(H,37,41)(H,38,43)(H4,32,33,34)/b16-15+/t24-,25+,26-/m0/s1. The molecule has 2 aromatic carbocycles. The molecule has 0 aliphatic rings. The molecular weight excluding hydrogens is 566 g/mol. The molecule has 13 nitrogen and oxygen atoms in total. The molecule has 0 aromatic heterocycles. The number of hydrogen-bond donors (Lipinski definition) is 7. The van der Waals surface area contributed by atoms with Gasteiger partial charge in [-0.15, -0.1) is 0 Å². The van der Waals surface area contributed by atoms with Crippen molar-refractivity contribution in [3.63, 3.8) is 0 Å². The van der Waals surface area contributed by atoms with E-state index >= 15 is 0 Å². The van der Waals surface area contributed by atoms with Crippen LogP contribution in [0.3, 0.4) is 0 Å². The molecule has 0 fully saturated rings. The fourth-order valence-corrected chi connectivity index (χ4v) is 3.89. The van der Waals surface area contributed by atoms with Gasteiger partial charge in [0.15, 0.2) is 5.96 Å². The zero-order valence-corrected chi connectivity index (χ0v) is 25.1. The van der Waals surface area contributed by atoms with Gasteiger partial charge < -0.3 is 42.6 Å². The zero-order valence-electron chi connectivity index (χ0n) is 25.1. The third-order valence-corrected chi connectivity index (χ3v) is 6.44. The van der Waals surface area contributed by atoms with E-state index in [0.29, 0.717) is 6.42 Å². The lowest BCUT2D eigenvalue weighted by Gasteiger charge is -2.26. The smallest absolute Gasteiger partial charge is 0.408 e. The fraction of sp³-hybridized carbons (Fsp3) is 0.387. The van der Waals surface area contributed by atoms with E-state index in [2.05, 4.69) is 26.3 Å². The number of benzene rings is 2. The third kappa shape index (κ3) is 13.8. The van der Waals surface area contributed by atoms with Gasteiger partial charge in [-0.3, -0.25) is 19.4 Å². The lowest BCUT2D eigenvalue weighted by Crippen LogP contribution is -2.57. The number of hydrogen-bond acceptors (Lipinski definition) is 7. The first-order valence-corrected chi connectivity index (χ1v) is 14.3. The van der Waals surface area contributed by atoms with E-state index in [-0.39, 0.29) is 43.9 Å². The van der Waals surface area contributed by atoms with Crippen LogP contribution in [-0.2, 0) is 25.7 Å². The van der Waals surface area contributed by atoms with Crippen molar-refractivity contribution in [3.8, 4) is 0 Å². The predicted molar refractivity (Wildman–Crippen MR) is 168 cm³/mol. The van der Waals surface area contributed by atoms with Crippen molar-refractivity contribution in [1.29, 1.82) is 0 Å². The van der Waals surface area contributed by atoms with Gasteiger partial charge in [0, 0.05) is 25.2 Å². The number of guanidine groups is 1. The van der Waals surface area contributed by atoms with Crippen LogP contribution in [0.4, 0.5) is 4.79 Å². The van der Waals surface area contributed by atoms with Crippen LogP contribution < -0.4 is 32.7 Å². The molecule has 4 amide bonds. The summed E-state index contributed by atoms with van der Waals surface area (Å²) in [4.78, 5) is 54.9. The summed E-state index contributed by atoms with van der Waals surface area (Å²) < 4.78 is 5.23. The van der Waals surface area contributed by atoms with Crippen LogP contribution in [0.1, 0.15) is 37.8 Å². The van der Waals surface area contributed by atoms with Gasteiger partial charge in [-0.25, -0.2) is 4.79 Å². The Kier molecular flexibility index (Phi) is 15.5. The second kappa shape index (κ2) is 19.3. The Balaban J connectivity index is 1.98. The maximum absolute atomic E-state index is 13.2. The summed E-state index contributed by atoms with van der Waals surface area (Å²) in [7, 11) is 0. The number of amides is 4. The topological polar surface area (TPSA) is 210 Å². The van der Waals surface area contributed by atoms with Gasteiger partial charge in [0.1, 0.15) is 18.7 Å². The summed E-state index contributed by atoms with van der Waals surface area (Å²) in [6.07, 6.45) is 2.70. The lowest BCUT2D eigenvalue weighted by atomic mass is 10.0. The molecule has 0 spiro atoms. The Morgan fingerprint density at radius 3 is 2.16 bits per heavy atom. The van der Waals surface area contributed by atoms with Crippen molar-refractivity contribution in [1.82, 2.24) is 21.3 Å². The van der Waals surface area contributed by atoms with Crippen LogP contribution in [0.2, 0.25) is 0 Å². The number of rotatable bonds is 17. The second-order valence-electron chi connectivity index (χ2n) is 10.3. The predicted octanol–water partition coefficient (Wildman–Crippen LogP) is 0.783. The molecule has 0 saturated carbocycles. The van der Waals surface area contributed by atoms with E-state index in [1.807, 2.05) is 50.2 Å². The number of carbonyl (C=O) groups is 4. The SMILES string of the molecule is CC(C)[C@@H](CNC(=O)/C=C/c1ccccc1)NC(=O)[C@H](CO)NC(=O)[C@H](CCCN=C(N)N)NC(=O)OCc1ccccc1. The van der Waals surface area contributed by atoms with Crippen LogP contribution in [-0.4, -0.2) is 72.7 Å². The number of nitrogens with zero attached hydrogens (tertiary/aromatic N) is 1. The van der Waals surface area contributed by atoms with E-state index in [4.69, 9.17) is 16.2 Å². The van der Waals surface area contributed by atoms with Crippen LogP contribution in [0.25, 0.3) is 6.08 Å². The van der Waals surface area contributed by atoms with E-state index in [0.717, 1.165) is 11.1 Å². The third-order valence-electron chi connectivity index (χ3n) is 6.44. The first kappa shape index (κ1) is 35.3. The largest absolute Gasteiger partial charge is 0.445 e. The highest BCUT2D eigenvalue weighted by molar-refractivity contribution is 5.92. The Hall–Kier alpha value is -4.91. The molecule has 2 aromatic rings. The quantitative estimate of drug-likeness (QED) is 0.0588. The molecule has 2 rings (SSSR count).